The Balaban J connectivity index is 1.79. The second kappa shape index (κ2) is 8.94. The minimum absolute atomic E-state index is 0.442. The Hall–Kier alpha value is -2.49. The highest BCUT2D eigenvalue weighted by atomic mass is 19.3. The van der Waals surface area contributed by atoms with Gasteiger partial charge in [-0.25, -0.2) is 4.39 Å². The van der Waals surface area contributed by atoms with Gasteiger partial charge in [0.2, 0.25) is 0 Å². The van der Waals surface area contributed by atoms with Crippen molar-refractivity contribution in [3.8, 4) is 16.9 Å². The normalized spacial score (nSPS) is 11.3. The molecule has 4 heteroatoms. The number of rotatable bonds is 8. The molecule has 0 radical (unpaired) electrons. The molecule has 0 atom stereocenters. The van der Waals surface area contributed by atoms with Gasteiger partial charge in [-0.15, -0.1) is 0 Å². The molecule has 0 amide bonds. The molecule has 3 aromatic rings. The van der Waals surface area contributed by atoms with E-state index >= 15 is 0 Å². The summed E-state index contributed by atoms with van der Waals surface area (Å²) >= 11 is 0. The molecule has 3 rings (SSSR count). The zero-order valence-corrected chi connectivity index (χ0v) is 15.4. The lowest BCUT2D eigenvalue weighted by molar-refractivity contribution is -0.0521. The minimum atomic E-state index is -3.04. The first kappa shape index (κ1) is 19.3. The van der Waals surface area contributed by atoms with Crippen molar-refractivity contribution < 1.29 is 17.9 Å². The highest BCUT2D eigenvalue weighted by Gasteiger charge is 2.11. The van der Waals surface area contributed by atoms with E-state index in [4.69, 9.17) is 0 Å². The zero-order valence-electron chi connectivity index (χ0n) is 15.4. The third kappa shape index (κ3) is 5.03. The van der Waals surface area contributed by atoms with Crippen molar-refractivity contribution in [1.82, 2.24) is 0 Å². The lowest BCUT2D eigenvalue weighted by atomic mass is 9.98. The molecule has 0 saturated heterocycles. The van der Waals surface area contributed by atoms with Crippen LogP contribution in [0.2, 0.25) is 0 Å². The van der Waals surface area contributed by atoms with E-state index in [9.17, 15) is 13.2 Å². The second-order valence-corrected chi connectivity index (χ2v) is 6.73. The molecule has 3 aromatic carbocycles. The van der Waals surface area contributed by atoms with E-state index in [1.165, 1.54) is 43.4 Å². The van der Waals surface area contributed by atoms with Crippen molar-refractivity contribution in [2.75, 3.05) is 0 Å². The van der Waals surface area contributed by atoms with Crippen molar-refractivity contribution in [2.45, 2.75) is 45.6 Å². The maximum absolute atomic E-state index is 14.0. The van der Waals surface area contributed by atoms with Gasteiger partial charge in [-0.1, -0.05) is 62.6 Å². The van der Waals surface area contributed by atoms with Crippen LogP contribution in [0.5, 0.6) is 5.75 Å². The highest BCUT2D eigenvalue weighted by Crippen LogP contribution is 2.29. The molecule has 0 saturated carbocycles. The fraction of sp³-hybridized carbons (Fsp3) is 0.304. The van der Waals surface area contributed by atoms with E-state index < -0.39 is 18.2 Å². The molecule has 0 spiro atoms. The second-order valence-electron chi connectivity index (χ2n) is 6.73. The first-order valence-electron chi connectivity index (χ1n) is 9.34. The SMILES string of the molecule is CCCCCCc1ccc2cc(-c3ccc(OC(F)F)c(F)c3)ccc2c1. The Bertz CT molecular complexity index is 905. The largest absolute Gasteiger partial charge is 0.432 e. The Kier molecular flexibility index (Phi) is 6.38. The average Bonchev–Trinajstić information content (AvgIpc) is 2.66. The van der Waals surface area contributed by atoms with Crippen LogP contribution in [0.4, 0.5) is 13.2 Å². The van der Waals surface area contributed by atoms with Crippen molar-refractivity contribution in [3.05, 3.63) is 66.0 Å². The summed E-state index contributed by atoms with van der Waals surface area (Å²) in [7, 11) is 0. The van der Waals surface area contributed by atoms with Crippen molar-refractivity contribution in [3.63, 3.8) is 0 Å². The van der Waals surface area contributed by atoms with Gasteiger partial charge in [-0.05, 0) is 58.5 Å². The van der Waals surface area contributed by atoms with Gasteiger partial charge in [0.05, 0.1) is 0 Å². The summed E-state index contributed by atoms with van der Waals surface area (Å²) in [6, 6.07) is 16.4. The number of ether oxygens (including phenoxy) is 1. The lowest BCUT2D eigenvalue weighted by Crippen LogP contribution is -2.03. The average molecular weight is 372 g/mol. The van der Waals surface area contributed by atoms with Gasteiger partial charge in [-0.2, -0.15) is 8.78 Å². The standard InChI is InChI=1S/C23H23F3O/c1-2-3-4-5-6-16-7-8-18-14-19(10-9-17(18)13-16)20-11-12-22(21(24)15-20)27-23(25)26/h7-15,23H,2-6H2,1H3. The molecular weight excluding hydrogens is 349 g/mol. The zero-order chi connectivity index (χ0) is 19.2. The molecule has 0 aliphatic rings. The lowest BCUT2D eigenvalue weighted by Gasteiger charge is -2.09. The molecule has 27 heavy (non-hydrogen) atoms. The number of halogens is 3. The van der Waals surface area contributed by atoms with Gasteiger partial charge < -0.3 is 4.74 Å². The van der Waals surface area contributed by atoms with Crippen LogP contribution in [0.3, 0.4) is 0 Å². The maximum Gasteiger partial charge on any atom is 0.387 e. The summed E-state index contributed by atoms with van der Waals surface area (Å²) in [4.78, 5) is 0. The fourth-order valence-corrected chi connectivity index (χ4v) is 3.26. The van der Waals surface area contributed by atoms with Crippen molar-refractivity contribution in [1.29, 1.82) is 0 Å². The van der Waals surface area contributed by atoms with E-state index in [1.54, 1.807) is 6.07 Å². The Morgan fingerprint density at radius 2 is 1.52 bits per heavy atom. The van der Waals surface area contributed by atoms with Gasteiger partial charge in [-0.3, -0.25) is 0 Å². The topological polar surface area (TPSA) is 9.23 Å². The number of fused-ring (bicyclic) bond motifs is 1. The molecule has 0 fully saturated rings. The number of hydrogen-bond acceptors (Lipinski definition) is 1. The third-order valence-corrected chi connectivity index (χ3v) is 4.70. The first-order valence-corrected chi connectivity index (χ1v) is 9.34. The molecule has 0 bridgehead atoms. The van der Waals surface area contributed by atoms with Crippen LogP contribution in [0.1, 0.15) is 38.2 Å². The van der Waals surface area contributed by atoms with E-state index in [1.807, 2.05) is 18.2 Å². The van der Waals surface area contributed by atoms with Gasteiger partial charge in [0, 0.05) is 0 Å². The Labute approximate surface area is 157 Å². The predicted octanol–water partition coefficient (Wildman–Crippen LogP) is 7.37. The first-order chi connectivity index (χ1) is 13.1. The number of aryl methyl sites for hydroxylation is 1. The Morgan fingerprint density at radius 1 is 0.815 bits per heavy atom. The molecule has 0 unspecified atom stereocenters. The molecule has 0 aromatic heterocycles. The van der Waals surface area contributed by atoms with Crippen LogP contribution in [-0.2, 0) is 6.42 Å². The van der Waals surface area contributed by atoms with Crippen LogP contribution < -0.4 is 4.74 Å². The molecule has 142 valence electrons. The quantitative estimate of drug-likeness (QED) is 0.375. The summed E-state index contributed by atoms with van der Waals surface area (Å²) in [5.74, 6) is -1.24. The van der Waals surface area contributed by atoms with E-state index in [2.05, 4.69) is 29.9 Å². The van der Waals surface area contributed by atoms with E-state index in [-0.39, 0.29) is 0 Å². The molecular formula is C23H23F3O. The number of benzene rings is 3. The van der Waals surface area contributed by atoms with Crippen LogP contribution in [0, 0.1) is 5.82 Å². The number of hydrogen-bond donors (Lipinski definition) is 0. The van der Waals surface area contributed by atoms with Crippen molar-refractivity contribution >= 4 is 10.8 Å². The molecule has 0 heterocycles. The van der Waals surface area contributed by atoms with Crippen LogP contribution in [0.25, 0.3) is 21.9 Å². The van der Waals surface area contributed by atoms with Crippen LogP contribution in [0.15, 0.2) is 54.6 Å². The molecule has 0 N–H and O–H groups in total. The highest BCUT2D eigenvalue weighted by molar-refractivity contribution is 5.88. The van der Waals surface area contributed by atoms with Crippen LogP contribution in [-0.4, -0.2) is 6.61 Å². The summed E-state index contributed by atoms with van der Waals surface area (Å²) in [6.45, 7) is -0.832. The third-order valence-electron chi connectivity index (χ3n) is 4.70. The number of alkyl halides is 2. The van der Waals surface area contributed by atoms with E-state index in [0.29, 0.717) is 5.56 Å². The monoisotopic (exact) mass is 372 g/mol. The van der Waals surface area contributed by atoms with Gasteiger partial charge in [0.1, 0.15) is 0 Å². The summed E-state index contributed by atoms with van der Waals surface area (Å²) in [6.07, 6.45) is 6.04. The van der Waals surface area contributed by atoms with Gasteiger partial charge in [0.15, 0.2) is 11.6 Å². The molecule has 0 aliphatic carbocycles. The van der Waals surface area contributed by atoms with Gasteiger partial charge in [0.25, 0.3) is 0 Å². The molecule has 0 aliphatic heterocycles. The summed E-state index contributed by atoms with van der Waals surface area (Å²) in [5.41, 5.74) is 2.78. The predicted molar refractivity (Wildman–Crippen MR) is 104 cm³/mol. The maximum atomic E-state index is 14.0. The molecule has 1 nitrogen and oxygen atoms in total. The smallest absolute Gasteiger partial charge is 0.387 e. The van der Waals surface area contributed by atoms with Gasteiger partial charge >= 0.3 is 6.61 Å². The number of unbranched alkanes of at least 4 members (excludes halogenated alkanes) is 3. The van der Waals surface area contributed by atoms with E-state index in [0.717, 1.165) is 22.8 Å². The van der Waals surface area contributed by atoms with Crippen LogP contribution >= 0.6 is 0 Å². The Morgan fingerprint density at radius 3 is 2.26 bits per heavy atom. The summed E-state index contributed by atoms with van der Waals surface area (Å²) in [5, 5.41) is 2.21. The van der Waals surface area contributed by atoms with Crippen molar-refractivity contribution in [2.24, 2.45) is 0 Å². The fourth-order valence-electron chi connectivity index (χ4n) is 3.26. The summed E-state index contributed by atoms with van der Waals surface area (Å²) < 4.78 is 42.7. The minimum Gasteiger partial charge on any atom is -0.432 e.